The van der Waals surface area contributed by atoms with Crippen LogP contribution < -0.4 is 4.74 Å². The quantitative estimate of drug-likeness (QED) is 0.869. The lowest BCUT2D eigenvalue weighted by molar-refractivity contribution is 0.0921. The van der Waals surface area contributed by atoms with E-state index < -0.39 is 0 Å². The first kappa shape index (κ1) is 15.0. The van der Waals surface area contributed by atoms with Crippen molar-refractivity contribution in [1.82, 2.24) is 14.9 Å². The Hall–Kier alpha value is -1.94. The number of aryl methyl sites for hydroxylation is 2. The van der Waals surface area contributed by atoms with Crippen molar-refractivity contribution >= 4 is 0 Å². The molecule has 2 heterocycles. The molecule has 116 valence electrons. The number of piperidine rings is 1. The minimum Gasteiger partial charge on any atom is -0.473 e. The lowest BCUT2D eigenvalue weighted by atomic mass is 10.1. The molecule has 0 bridgehead atoms. The van der Waals surface area contributed by atoms with Crippen LogP contribution in [-0.4, -0.2) is 34.1 Å². The van der Waals surface area contributed by atoms with Gasteiger partial charge in [0.25, 0.3) is 0 Å². The van der Waals surface area contributed by atoms with Gasteiger partial charge in [-0.25, -0.2) is 4.98 Å². The normalized spacial score (nSPS) is 16.6. The van der Waals surface area contributed by atoms with Crippen molar-refractivity contribution in [1.29, 1.82) is 0 Å². The van der Waals surface area contributed by atoms with Crippen molar-refractivity contribution in [3.8, 4) is 5.88 Å². The van der Waals surface area contributed by atoms with Gasteiger partial charge in [-0.1, -0.05) is 30.3 Å². The second-order valence-corrected chi connectivity index (χ2v) is 5.98. The van der Waals surface area contributed by atoms with E-state index in [1.54, 1.807) is 6.20 Å². The summed E-state index contributed by atoms with van der Waals surface area (Å²) in [5.74, 6) is 0.696. The molecular weight excluding hydrogens is 274 g/mol. The highest BCUT2D eigenvalue weighted by Crippen LogP contribution is 2.20. The molecule has 1 fully saturated rings. The maximum Gasteiger partial charge on any atom is 0.235 e. The molecule has 0 aliphatic carbocycles. The van der Waals surface area contributed by atoms with Gasteiger partial charge in [-0.05, 0) is 32.3 Å². The Morgan fingerprint density at radius 3 is 2.59 bits per heavy atom. The molecule has 0 radical (unpaired) electrons. The zero-order valence-electron chi connectivity index (χ0n) is 13.3. The molecule has 1 aromatic carbocycles. The number of benzene rings is 1. The van der Waals surface area contributed by atoms with Crippen molar-refractivity contribution in [2.75, 3.05) is 13.1 Å². The number of aromatic nitrogens is 2. The Morgan fingerprint density at radius 1 is 1.14 bits per heavy atom. The molecule has 0 amide bonds. The highest BCUT2D eigenvalue weighted by molar-refractivity contribution is 5.18. The van der Waals surface area contributed by atoms with Gasteiger partial charge in [-0.2, -0.15) is 0 Å². The second-order valence-electron chi connectivity index (χ2n) is 5.98. The van der Waals surface area contributed by atoms with Crippen LogP contribution in [0.4, 0.5) is 0 Å². The van der Waals surface area contributed by atoms with E-state index in [1.165, 1.54) is 5.56 Å². The van der Waals surface area contributed by atoms with Crippen molar-refractivity contribution in [3.05, 3.63) is 53.5 Å². The predicted octanol–water partition coefficient (Wildman–Crippen LogP) is 3.14. The molecule has 0 saturated carbocycles. The third kappa shape index (κ3) is 3.83. The zero-order valence-corrected chi connectivity index (χ0v) is 13.3. The Balaban J connectivity index is 1.52. The van der Waals surface area contributed by atoms with Crippen LogP contribution >= 0.6 is 0 Å². The van der Waals surface area contributed by atoms with Crippen LogP contribution in [0.25, 0.3) is 0 Å². The molecular formula is C18H23N3O. The summed E-state index contributed by atoms with van der Waals surface area (Å²) in [4.78, 5) is 11.3. The Kier molecular flexibility index (Phi) is 4.68. The summed E-state index contributed by atoms with van der Waals surface area (Å²) in [5.41, 5.74) is 3.15. The number of hydrogen-bond acceptors (Lipinski definition) is 4. The first-order chi connectivity index (χ1) is 10.7. The summed E-state index contributed by atoms with van der Waals surface area (Å²) < 4.78 is 6.07. The van der Waals surface area contributed by atoms with E-state index in [2.05, 4.69) is 45.2 Å². The fourth-order valence-electron chi connectivity index (χ4n) is 2.81. The van der Waals surface area contributed by atoms with Crippen LogP contribution in [0.5, 0.6) is 5.88 Å². The van der Waals surface area contributed by atoms with E-state index in [-0.39, 0.29) is 6.10 Å². The Morgan fingerprint density at radius 2 is 1.86 bits per heavy atom. The van der Waals surface area contributed by atoms with E-state index in [0.29, 0.717) is 5.88 Å². The van der Waals surface area contributed by atoms with E-state index in [4.69, 9.17) is 4.74 Å². The summed E-state index contributed by atoms with van der Waals surface area (Å²) in [6, 6.07) is 10.6. The van der Waals surface area contributed by atoms with E-state index in [0.717, 1.165) is 43.9 Å². The van der Waals surface area contributed by atoms with Gasteiger partial charge in [0.2, 0.25) is 5.88 Å². The maximum atomic E-state index is 6.07. The standard InChI is InChI=1S/C18H23N3O/c1-14-12-19-15(2)18(20-14)22-17-8-10-21(11-9-17)13-16-6-4-3-5-7-16/h3-7,12,17H,8-11,13H2,1-2H3. The summed E-state index contributed by atoms with van der Waals surface area (Å²) in [7, 11) is 0. The molecule has 0 N–H and O–H groups in total. The van der Waals surface area contributed by atoms with Crippen LogP contribution in [0, 0.1) is 13.8 Å². The molecule has 0 atom stereocenters. The molecule has 3 rings (SSSR count). The largest absolute Gasteiger partial charge is 0.473 e. The average Bonchev–Trinajstić information content (AvgIpc) is 2.54. The average molecular weight is 297 g/mol. The lowest BCUT2D eigenvalue weighted by Gasteiger charge is -2.32. The number of ether oxygens (including phenoxy) is 1. The fraction of sp³-hybridized carbons (Fsp3) is 0.444. The minimum atomic E-state index is 0.252. The van der Waals surface area contributed by atoms with Gasteiger partial charge >= 0.3 is 0 Å². The molecule has 1 aliphatic rings. The predicted molar refractivity (Wildman–Crippen MR) is 86.9 cm³/mol. The highest BCUT2D eigenvalue weighted by atomic mass is 16.5. The third-order valence-electron chi connectivity index (χ3n) is 4.09. The van der Waals surface area contributed by atoms with E-state index >= 15 is 0 Å². The van der Waals surface area contributed by atoms with Gasteiger partial charge in [0.15, 0.2) is 0 Å². The third-order valence-corrected chi connectivity index (χ3v) is 4.09. The zero-order chi connectivity index (χ0) is 15.4. The maximum absolute atomic E-state index is 6.07. The van der Waals surface area contributed by atoms with E-state index in [1.807, 2.05) is 13.8 Å². The van der Waals surface area contributed by atoms with Gasteiger partial charge in [-0.3, -0.25) is 9.88 Å². The molecule has 2 aromatic rings. The topological polar surface area (TPSA) is 38.2 Å². The Bertz CT molecular complexity index is 607. The molecule has 4 heteroatoms. The van der Waals surface area contributed by atoms with E-state index in [9.17, 15) is 0 Å². The number of rotatable bonds is 4. The van der Waals surface area contributed by atoms with Crippen LogP contribution in [-0.2, 0) is 6.54 Å². The SMILES string of the molecule is Cc1cnc(C)c(OC2CCN(Cc3ccccc3)CC2)n1. The van der Waals surface area contributed by atoms with Gasteiger partial charge in [0.1, 0.15) is 6.10 Å². The smallest absolute Gasteiger partial charge is 0.235 e. The van der Waals surface area contributed by atoms with Crippen molar-refractivity contribution < 1.29 is 4.74 Å². The van der Waals surface area contributed by atoms with Crippen molar-refractivity contribution in [2.45, 2.75) is 39.3 Å². The fourth-order valence-corrected chi connectivity index (χ4v) is 2.81. The highest BCUT2D eigenvalue weighted by Gasteiger charge is 2.21. The second kappa shape index (κ2) is 6.88. The van der Waals surface area contributed by atoms with Crippen LogP contribution in [0.15, 0.2) is 36.5 Å². The molecule has 0 unspecified atom stereocenters. The molecule has 1 saturated heterocycles. The summed E-state index contributed by atoms with van der Waals surface area (Å²) in [6.45, 7) is 7.06. The molecule has 4 nitrogen and oxygen atoms in total. The van der Waals surface area contributed by atoms with Crippen molar-refractivity contribution in [3.63, 3.8) is 0 Å². The number of likely N-dealkylation sites (tertiary alicyclic amines) is 1. The molecule has 1 aromatic heterocycles. The molecule has 1 aliphatic heterocycles. The Labute approximate surface area is 132 Å². The summed E-state index contributed by atoms with van der Waals surface area (Å²) >= 11 is 0. The number of hydrogen-bond donors (Lipinski definition) is 0. The van der Waals surface area contributed by atoms with Crippen molar-refractivity contribution in [2.24, 2.45) is 0 Å². The summed E-state index contributed by atoms with van der Waals surface area (Å²) in [6.07, 6.45) is 4.12. The number of nitrogens with zero attached hydrogens (tertiary/aromatic N) is 3. The molecule has 0 spiro atoms. The first-order valence-corrected chi connectivity index (χ1v) is 7.94. The summed E-state index contributed by atoms with van der Waals surface area (Å²) in [5, 5.41) is 0. The van der Waals surface area contributed by atoms with Gasteiger partial charge in [0.05, 0.1) is 11.4 Å². The lowest BCUT2D eigenvalue weighted by Crippen LogP contribution is -2.38. The first-order valence-electron chi connectivity index (χ1n) is 7.94. The van der Waals surface area contributed by atoms with Crippen LogP contribution in [0.3, 0.4) is 0 Å². The monoisotopic (exact) mass is 297 g/mol. The molecule has 22 heavy (non-hydrogen) atoms. The van der Waals surface area contributed by atoms with Crippen LogP contribution in [0.1, 0.15) is 29.8 Å². The minimum absolute atomic E-state index is 0.252. The van der Waals surface area contributed by atoms with Gasteiger partial charge < -0.3 is 4.74 Å². The van der Waals surface area contributed by atoms with Gasteiger partial charge in [0, 0.05) is 25.8 Å². The van der Waals surface area contributed by atoms with Crippen LogP contribution in [0.2, 0.25) is 0 Å². The van der Waals surface area contributed by atoms with Gasteiger partial charge in [-0.15, -0.1) is 0 Å².